The number of hydrogen-bond acceptors (Lipinski definition) is 7. The van der Waals surface area contributed by atoms with Crippen LogP contribution in [0.2, 0.25) is 0 Å². The summed E-state index contributed by atoms with van der Waals surface area (Å²) in [6, 6.07) is 0.101. The molecule has 29 heavy (non-hydrogen) atoms. The summed E-state index contributed by atoms with van der Waals surface area (Å²) in [7, 11) is 0. The molecule has 0 radical (unpaired) electrons. The Hall–Kier alpha value is -3.43. The number of rotatable bonds is 6. The third-order valence-corrected chi connectivity index (χ3v) is 5.44. The van der Waals surface area contributed by atoms with Gasteiger partial charge < -0.3 is 15.5 Å². The summed E-state index contributed by atoms with van der Waals surface area (Å²) in [5.41, 5.74) is 2.58. The molecule has 1 amide bonds. The van der Waals surface area contributed by atoms with Gasteiger partial charge in [0.25, 0.3) is 0 Å². The first-order valence-electron chi connectivity index (χ1n) is 9.91. The van der Waals surface area contributed by atoms with Crippen LogP contribution in [-0.4, -0.2) is 60.3 Å². The quantitative estimate of drug-likeness (QED) is 0.473. The van der Waals surface area contributed by atoms with E-state index in [-0.39, 0.29) is 11.9 Å². The molecule has 0 spiro atoms. The number of H-pyrrole nitrogens is 2. The summed E-state index contributed by atoms with van der Waals surface area (Å²) in [5, 5.41) is 21.9. The lowest BCUT2D eigenvalue weighted by Gasteiger charge is -2.32. The van der Waals surface area contributed by atoms with E-state index in [1.165, 1.54) is 6.08 Å². The average molecular weight is 393 g/mol. The third-order valence-electron chi connectivity index (χ3n) is 5.44. The minimum absolute atomic E-state index is 0.0393. The van der Waals surface area contributed by atoms with Crippen molar-refractivity contribution in [1.82, 2.24) is 35.3 Å². The van der Waals surface area contributed by atoms with Crippen LogP contribution in [0, 0.1) is 0 Å². The van der Waals surface area contributed by atoms with Crippen LogP contribution in [0.25, 0.3) is 11.0 Å². The lowest BCUT2D eigenvalue weighted by atomic mass is 10.1. The molecule has 5 rings (SSSR count). The molecule has 0 aromatic carbocycles. The highest BCUT2D eigenvalue weighted by atomic mass is 16.2. The minimum Gasteiger partial charge on any atom is -0.365 e. The maximum absolute atomic E-state index is 12.0. The Labute approximate surface area is 167 Å². The van der Waals surface area contributed by atoms with Gasteiger partial charge in [-0.2, -0.15) is 20.2 Å². The van der Waals surface area contributed by atoms with E-state index in [4.69, 9.17) is 4.98 Å². The summed E-state index contributed by atoms with van der Waals surface area (Å²) in [6.45, 7) is 4.96. The molecule has 1 saturated heterocycles. The van der Waals surface area contributed by atoms with E-state index in [9.17, 15) is 4.79 Å². The fourth-order valence-electron chi connectivity index (χ4n) is 3.81. The number of carbonyl (C=O) groups excluding carboxylic acids is 1. The van der Waals surface area contributed by atoms with Crippen molar-refractivity contribution in [2.24, 2.45) is 0 Å². The fraction of sp³-hybridized carbons (Fsp3) is 0.421. The second-order valence-electron chi connectivity index (χ2n) is 7.58. The highest BCUT2D eigenvalue weighted by Gasteiger charge is 2.29. The number of hydrogen-bond donors (Lipinski definition) is 4. The molecule has 3 aromatic heterocycles. The van der Waals surface area contributed by atoms with Gasteiger partial charge in [0, 0.05) is 31.2 Å². The lowest BCUT2D eigenvalue weighted by Crippen LogP contribution is -2.44. The summed E-state index contributed by atoms with van der Waals surface area (Å²) in [5.74, 6) is 1.64. The fourth-order valence-corrected chi connectivity index (χ4v) is 3.81. The zero-order valence-corrected chi connectivity index (χ0v) is 16.0. The number of carbonyl (C=O) groups is 1. The Balaban J connectivity index is 1.40. The largest absolute Gasteiger partial charge is 0.365 e. The summed E-state index contributed by atoms with van der Waals surface area (Å²) in [6.07, 6.45) is 9.13. The molecule has 10 nitrogen and oxygen atoms in total. The predicted octanol–water partition coefficient (Wildman–Crippen LogP) is 2.29. The van der Waals surface area contributed by atoms with Crippen molar-refractivity contribution in [3.05, 3.63) is 30.7 Å². The Kier molecular flexibility index (Phi) is 4.38. The standard InChI is InChI=1S/C19H23N9O/c1-2-15(29)28-7-3-4-12(10-28)22-17-13-8-20-27-18(13)25-19(24-17)23-14-9-21-26-16(14)11-5-6-11/h2,8-9,11-12H,1,3-7,10H2,(H,21,26)(H3,20,22,23,24,25,27)/t12-/m1/s1. The Bertz CT molecular complexity index is 1050. The zero-order valence-electron chi connectivity index (χ0n) is 16.0. The number of nitrogens with zero attached hydrogens (tertiary/aromatic N) is 5. The van der Waals surface area contributed by atoms with Gasteiger partial charge in [0.1, 0.15) is 5.82 Å². The van der Waals surface area contributed by atoms with Gasteiger partial charge in [0.2, 0.25) is 11.9 Å². The number of piperidine rings is 1. The van der Waals surface area contributed by atoms with Crippen molar-refractivity contribution < 1.29 is 4.79 Å². The monoisotopic (exact) mass is 393 g/mol. The maximum Gasteiger partial charge on any atom is 0.246 e. The van der Waals surface area contributed by atoms with Crippen LogP contribution in [0.5, 0.6) is 0 Å². The highest BCUT2D eigenvalue weighted by Crippen LogP contribution is 2.42. The second kappa shape index (κ2) is 7.19. The SMILES string of the molecule is C=CC(=O)N1CCC[C@@H](Nc2nc(Nc3c[nH]nc3C3CC3)nc3[nH]ncc23)C1. The van der Waals surface area contributed by atoms with Crippen LogP contribution in [0.1, 0.15) is 37.3 Å². The summed E-state index contributed by atoms with van der Waals surface area (Å²) in [4.78, 5) is 23.0. The number of likely N-dealkylation sites (tertiary alicyclic amines) is 1. The van der Waals surface area contributed by atoms with Crippen LogP contribution in [0.4, 0.5) is 17.5 Å². The van der Waals surface area contributed by atoms with E-state index in [0.717, 1.165) is 49.0 Å². The molecule has 2 aliphatic rings. The van der Waals surface area contributed by atoms with Crippen molar-refractivity contribution in [3.63, 3.8) is 0 Å². The molecule has 1 atom stereocenters. The highest BCUT2D eigenvalue weighted by molar-refractivity contribution is 5.88. The molecule has 1 aliphatic heterocycles. The molecule has 4 N–H and O–H groups in total. The first kappa shape index (κ1) is 17.7. The normalized spacial score (nSPS) is 19.3. The molecular formula is C19H23N9O. The van der Waals surface area contributed by atoms with Crippen molar-refractivity contribution >= 4 is 34.4 Å². The Morgan fingerprint density at radius 2 is 2.21 bits per heavy atom. The molecule has 0 unspecified atom stereocenters. The smallest absolute Gasteiger partial charge is 0.246 e. The third kappa shape index (κ3) is 3.53. The summed E-state index contributed by atoms with van der Waals surface area (Å²) < 4.78 is 0. The Morgan fingerprint density at radius 3 is 3.03 bits per heavy atom. The van der Waals surface area contributed by atoms with Crippen LogP contribution in [0.3, 0.4) is 0 Å². The van der Waals surface area contributed by atoms with Crippen molar-refractivity contribution in [3.8, 4) is 0 Å². The maximum atomic E-state index is 12.0. The molecule has 3 aromatic rings. The lowest BCUT2D eigenvalue weighted by molar-refractivity contribution is -0.127. The first-order chi connectivity index (χ1) is 14.2. The van der Waals surface area contributed by atoms with Crippen molar-refractivity contribution in [2.45, 2.75) is 37.6 Å². The molecule has 4 heterocycles. The van der Waals surface area contributed by atoms with E-state index in [1.807, 2.05) is 11.1 Å². The van der Waals surface area contributed by atoms with Crippen LogP contribution >= 0.6 is 0 Å². The van der Waals surface area contributed by atoms with E-state index in [2.05, 4.69) is 42.6 Å². The molecule has 150 valence electrons. The van der Waals surface area contributed by atoms with E-state index in [1.54, 1.807) is 6.20 Å². The zero-order chi connectivity index (χ0) is 19.8. The number of anilines is 3. The van der Waals surface area contributed by atoms with Gasteiger partial charge in [-0.15, -0.1) is 0 Å². The minimum atomic E-state index is -0.0393. The van der Waals surface area contributed by atoms with E-state index in [0.29, 0.717) is 29.9 Å². The number of fused-ring (bicyclic) bond motifs is 1. The van der Waals surface area contributed by atoms with Gasteiger partial charge in [-0.1, -0.05) is 6.58 Å². The van der Waals surface area contributed by atoms with Crippen LogP contribution in [-0.2, 0) is 4.79 Å². The van der Waals surface area contributed by atoms with Crippen LogP contribution < -0.4 is 10.6 Å². The number of aromatic nitrogens is 6. The summed E-state index contributed by atoms with van der Waals surface area (Å²) >= 11 is 0. The molecule has 2 fully saturated rings. The number of aromatic amines is 2. The molecule has 1 saturated carbocycles. The van der Waals surface area contributed by atoms with Gasteiger partial charge in [-0.3, -0.25) is 15.0 Å². The molecular weight excluding hydrogens is 370 g/mol. The molecule has 10 heteroatoms. The van der Waals surface area contributed by atoms with Crippen molar-refractivity contribution in [1.29, 1.82) is 0 Å². The van der Waals surface area contributed by atoms with E-state index >= 15 is 0 Å². The number of nitrogens with one attached hydrogen (secondary N) is 4. The number of amides is 1. The molecule has 1 aliphatic carbocycles. The van der Waals surface area contributed by atoms with Gasteiger partial charge >= 0.3 is 0 Å². The van der Waals surface area contributed by atoms with Crippen LogP contribution in [0.15, 0.2) is 25.0 Å². The second-order valence-corrected chi connectivity index (χ2v) is 7.58. The predicted molar refractivity (Wildman–Crippen MR) is 109 cm³/mol. The average Bonchev–Trinajstić information content (AvgIpc) is 3.28. The van der Waals surface area contributed by atoms with Crippen molar-refractivity contribution in [2.75, 3.05) is 23.7 Å². The van der Waals surface area contributed by atoms with Gasteiger partial charge in [0.15, 0.2) is 5.65 Å². The van der Waals surface area contributed by atoms with Gasteiger partial charge in [-0.25, -0.2) is 0 Å². The molecule has 0 bridgehead atoms. The van der Waals surface area contributed by atoms with E-state index < -0.39 is 0 Å². The van der Waals surface area contributed by atoms with Gasteiger partial charge in [0.05, 0.1) is 23.0 Å². The Morgan fingerprint density at radius 1 is 1.31 bits per heavy atom. The first-order valence-corrected chi connectivity index (χ1v) is 9.91. The van der Waals surface area contributed by atoms with Gasteiger partial charge in [-0.05, 0) is 31.8 Å². The topological polar surface area (TPSA) is 128 Å².